The molecule has 0 bridgehead atoms. The molecular weight excluding hydrogens is 286 g/mol. The minimum Gasteiger partial charge on any atom is -0.444 e. The van der Waals surface area contributed by atoms with E-state index in [2.05, 4.69) is 16.0 Å². The zero-order chi connectivity index (χ0) is 16.6. The third kappa shape index (κ3) is 7.61. The van der Waals surface area contributed by atoms with Crippen molar-refractivity contribution < 1.29 is 19.1 Å². The van der Waals surface area contributed by atoms with Crippen molar-refractivity contribution in [3.8, 4) is 0 Å². The molecule has 0 unspecified atom stereocenters. The maximum Gasteiger partial charge on any atom is 0.407 e. The number of rotatable bonds is 8. The van der Waals surface area contributed by atoms with Gasteiger partial charge in [-0.15, -0.1) is 0 Å². The van der Waals surface area contributed by atoms with Gasteiger partial charge in [0.15, 0.2) is 0 Å². The normalized spacial score (nSPS) is 20.9. The lowest BCUT2D eigenvalue weighted by Crippen LogP contribution is -2.50. The van der Waals surface area contributed by atoms with Crippen LogP contribution in [0.4, 0.5) is 4.79 Å². The number of nitrogens with one attached hydrogen (secondary N) is 3. The Morgan fingerprint density at radius 3 is 2.36 bits per heavy atom. The zero-order valence-corrected chi connectivity index (χ0v) is 14.0. The van der Waals surface area contributed by atoms with Crippen LogP contribution < -0.4 is 16.0 Å². The molecule has 1 aliphatic carbocycles. The molecule has 0 radical (unpaired) electrons. The fourth-order valence-electron chi connectivity index (χ4n) is 2.09. The summed E-state index contributed by atoms with van der Waals surface area (Å²) >= 11 is 0. The molecule has 0 aromatic carbocycles. The fourth-order valence-corrected chi connectivity index (χ4v) is 2.09. The van der Waals surface area contributed by atoms with E-state index in [0.29, 0.717) is 32.6 Å². The van der Waals surface area contributed by atoms with Gasteiger partial charge in [-0.2, -0.15) is 0 Å². The van der Waals surface area contributed by atoms with Crippen LogP contribution in [0.3, 0.4) is 0 Å². The quantitative estimate of drug-likeness (QED) is 0.572. The van der Waals surface area contributed by atoms with Gasteiger partial charge in [-0.05, 0) is 40.7 Å². The first-order valence-corrected chi connectivity index (χ1v) is 7.81. The topological polar surface area (TPSA) is 88.7 Å². The van der Waals surface area contributed by atoms with Crippen LogP contribution in [0, 0.1) is 5.92 Å². The molecule has 1 aliphatic rings. The van der Waals surface area contributed by atoms with Crippen LogP contribution in [-0.2, 0) is 14.3 Å². The molecule has 1 saturated carbocycles. The lowest BCUT2D eigenvalue weighted by molar-refractivity contribution is -0.128. The predicted octanol–water partition coefficient (Wildman–Crippen LogP) is 0.642. The summed E-state index contributed by atoms with van der Waals surface area (Å²) in [5.74, 6) is -0.00306. The zero-order valence-electron chi connectivity index (χ0n) is 14.0. The summed E-state index contributed by atoms with van der Waals surface area (Å²) in [6, 6.07) is 0.0254. The molecule has 0 saturated heterocycles. The Bertz CT molecular complexity index is 362. The Hall–Kier alpha value is -1.34. The van der Waals surface area contributed by atoms with Crippen LogP contribution in [0.25, 0.3) is 0 Å². The third-order valence-corrected chi connectivity index (χ3v) is 3.27. The van der Waals surface area contributed by atoms with Crippen molar-refractivity contribution in [3.63, 3.8) is 0 Å². The van der Waals surface area contributed by atoms with Gasteiger partial charge in [0.2, 0.25) is 5.91 Å². The van der Waals surface area contributed by atoms with E-state index in [4.69, 9.17) is 9.47 Å². The Labute approximate surface area is 132 Å². The number of amides is 2. The first kappa shape index (κ1) is 18.7. The molecule has 128 valence electrons. The van der Waals surface area contributed by atoms with Gasteiger partial charge < -0.3 is 25.4 Å². The summed E-state index contributed by atoms with van der Waals surface area (Å²) in [5, 5.41) is 8.60. The van der Waals surface area contributed by atoms with E-state index in [0.717, 1.165) is 6.54 Å². The Morgan fingerprint density at radius 1 is 1.14 bits per heavy atom. The van der Waals surface area contributed by atoms with Crippen LogP contribution in [-0.4, -0.2) is 57.0 Å². The average Bonchev–Trinajstić information content (AvgIpc) is 2.35. The van der Waals surface area contributed by atoms with Gasteiger partial charge >= 0.3 is 6.09 Å². The molecule has 7 nitrogen and oxygen atoms in total. The smallest absolute Gasteiger partial charge is 0.407 e. The van der Waals surface area contributed by atoms with E-state index < -0.39 is 11.7 Å². The number of hydrogen-bond acceptors (Lipinski definition) is 5. The van der Waals surface area contributed by atoms with Gasteiger partial charge in [-0.3, -0.25) is 4.79 Å². The first-order valence-electron chi connectivity index (χ1n) is 7.81. The summed E-state index contributed by atoms with van der Waals surface area (Å²) in [4.78, 5) is 23.4. The van der Waals surface area contributed by atoms with E-state index in [1.807, 2.05) is 27.8 Å². The minimum atomic E-state index is -0.502. The van der Waals surface area contributed by atoms with Gasteiger partial charge in [-0.1, -0.05) is 0 Å². The Kier molecular flexibility index (Phi) is 7.61. The molecule has 0 aromatic heterocycles. The SMILES string of the molecule is CNCCOCCNC(=O)C1CC(NC(=O)OC(C)(C)C)C1. The van der Waals surface area contributed by atoms with Gasteiger partial charge in [-0.25, -0.2) is 4.79 Å². The lowest BCUT2D eigenvalue weighted by atomic mass is 9.79. The second-order valence-electron chi connectivity index (χ2n) is 6.52. The van der Waals surface area contributed by atoms with Crippen LogP contribution in [0.2, 0.25) is 0 Å². The second-order valence-corrected chi connectivity index (χ2v) is 6.52. The maximum absolute atomic E-state index is 11.9. The summed E-state index contributed by atoms with van der Waals surface area (Å²) in [7, 11) is 1.86. The highest BCUT2D eigenvalue weighted by atomic mass is 16.6. The summed E-state index contributed by atoms with van der Waals surface area (Å²) < 4.78 is 10.5. The highest BCUT2D eigenvalue weighted by Gasteiger charge is 2.35. The number of carbonyl (C=O) groups is 2. The molecule has 1 fully saturated rings. The fraction of sp³-hybridized carbons (Fsp3) is 0.867. The predicted molar refractivity (Wildman–Crippen MR) is 83.6 cm³/mol. The lowest BCUT2D eigenvalue weighted by Gasteiger charge is -2.35. The van der Waals surface area contributed by atoms with Crippen molar-refractivity contribution in [3.05, 3.63) is 0 Å². The van der Waals surface area contributed by atoms with Crippen molar-refractivity contribution in [2.24, 2.45) is 5.92 Å². The number of likely N-dealkylation sites (N-methyl/N-ethyl adjacent to an activating group) is 1. The molecule has 0 heterocycles. The molecule has 3 N–H and O–H groups in total. The van der Waals surface area contributed by atoms with E-state index in [1.54, 1.807) is 0 Å². The minimum absolute atomic E-state index is 0.0254. The number of carbonyl (C=O) groups excluding carboxylic acids is 2. The molecular formula is C15H29N3O4. The molecule has 0 aromatic rings. The van der Waals surface area contributed by atoms with Crippen LogP contribution in [0.15, 0.2) is 0 Å². The van der Waals surface area contributed by atoms with Gasteiger partial charge in [0.05, 0.1) is 13.2 Å². The standard InChI is InChI=1S/C15H29N3O4/c1-15(2,3)22-14(20)18-12-9-11(10-12)13(19)17-6-8-21-7-5-16-4/h11-12,16H,5-10H2,1-4H3,(H,17,19)(H,18,20). The molecule has 0 spiro atoms. The van der Waals surface area contributed by atoms with Gasteiger partial charge in [0, 0.05) is 25.0 Å². The van der Waals surface area contributed by atoms with Crippen molar-refractivity contribution in [1.29, 1.82) is 0 Å². The van der Waals surface area contributed by atoms with E-state index >= 15 is 0 Å². The number of ether oxygens (including phenoxy) is 2. The first-order chi connectivity index (χ1) is 10.3. The highest BCUT2D eigenvalue weighted by molar-refractivity contribution is 5.80. The van der Waals surface area contributed by atoms with Crippen molar-refractivity contribution in [1.82, 2.24) is 16.0 Å². The Morgan fingerprint density at radius 2 is 1.77 bits per heavy atom. The van der Waals surface area contributed by atoms with Crippen LogP contribution in [0.5, 0.6) is 0 Å². The molecule has 0 atom stereocenters. The number of alkyl carbamates (subject to hydrolysis) is 1. The molecule has 0 aliphatic heterocycles. The molecule has 1 rings (SSSR count). The summed E-state index contributed by atoms with van der Waals surface area (Å²) in [6.07, 6.45) is 0.895. The third-order valence-electron chi connectivity index (χ3n) is 3.27. The summed E-state index contributed by atoms with van der Waals surface area (Å²) in [6.45, 7) is 7.93. The maximum atomic E-state index is 11.9. The van der Waals surface area contributed by atoms with Gasteiger partial charge in [0.25, 0.3) is 0 Å². The van der Waals surface area contributed by atoms with E-state index in [-0.39, 0.29) is 17.9 Å². The van der Waals surface area contributed by atoms with Gasteiger partial charge in [0.1, 0.15) is 5.60 Å². The van der Waals surface area contributed by atoms with Crippen molar-refractivity contribution >= 4 is 12.0 Å². The van der Waals surface area contributed by atoms with E-state index in [9.17, 15) is 9.59 Å². The van der Waals surface area contributed by atoms with Crippen molar-refractivity contribution in [2.75, 3.05) is 33.4 Å². The molecule has 7 heteroatoms. The van der Waals surface area contributed by atoms with E-state index in [1.165, 1.54) is 0 Å². The Balaban J connectivity index is 2.06. The molecule has 2 amide bonds. The van der Waals surface area contributed by atoms with Crippen molar-refractivity contribution in [2.45, 2.75) is 45.3 Å². The average molecular weight is 315 g/mol. The largest absolute Gasteiger partial charge is 0.444 e. The second kappa shape index (κ2) is 8.95. The highest BCUT2D eigenvalue weighted by Crippen LogP contribution is 2.27. The van der Waals surface area contributed by atoms with Crippen LogP contribution >= 0.6 is 0 Å². The summed E-state index contributed by atoms with van der Waals surface area (Å²) in [5.41, 5.74) is -0.502. The molecule has 22 heavy (non-hydrogen) atoms. The number of hydrogen-bond donors (Lipinski definition) is 3. The van der Waals surface area contributed by atoms with Crippen LogP contribution in [0.1, 0.15) is 33.6 Å². The monoisotopic (exact) mass is 315 g/mol.